The predicted octanol–water partition coefficient (Wildman–Crippen LogP) is 3.12. The van der Waals surface area contributed by atoms with Gasteiger partial charge in [0.15, 0.2) is 0 Å². The molecule has 1 unspecified atom stereocenters. The summed E-state index contributed by atoms with van der Waals surface area (Å²) < 4.78 is 0. The molecule has 3 heteroatoms. The van der Waals surface area contributed by atoms with Gasteiger partial charge in [0.05, 0.1) is 12.1 Å². The number of amides is 1. The number of nitrogens with one attached hydrogen (secondary N) is 1. The van der Waals surface area contributed by atoms with Crippen molar-refractivity contribution < 1.29 is 4.79 Å². The minimum atomic E-state index is -0.488. The second-order valence-corrected chi connectivity index (χ2v) is 7.31. The molecule has 1 aliphatic rings. The van der Waals surface area contributed by atoms with E-state index in [0.29, 0.717) is 0 Å². The molecule has 116 valence electrons. The van der Waals surface area contributed by atoms with Crippen LogP contribution in [-0.4, -0.2) is 11.9 Å². The van der Waals surface area contributed by atoms with Gasteiger partial charge in [-0.15, -0.1) is 0 Å². The zero-order valence-electron chi connectivity index (χ0n) is 13.7. The van der Waals surface area contributed by atoms with Crippen LogP contribution in [0.5, 0.6) is 0 Å². The number of hydrogen-bond acceptors (Lipinski definition) is 2. The van der Waals surface area contributed by atoms with E-state index in [1.54, 1.807) is 0 Å². The second-order valence-electron chi connectivity index (χ2n) is 7.31. The minimum absolute atomic E-state index is 0.00173. The van der Waals surface area contributed by atoms with E-state index in [1.165, 1.54) is 36.0 Å². The molecule has 0 fully saturated rings. The highest BCUT2D eigenvalue weighted by molar-refractivity contribution is 5.82. The molecule has 0 radical (unpaired) electrons. The number of fused-ring (bicyclic) bond motifs is 1. The first kappa shape index (κ1) is 16.0. The van der Waals surface area contributed by atoms with Crippen molar-refractivity contribution in [2.45, 2.75) is 65.5 Å². The number of aryl methyl sites for hydroxylation is 2. The molecular weight excluding hydrogens is 260 g/mol. The quantitative estimate of drug-likeness (QED) is 0.898. The van der Waals surface area contributed by atoms with Gasteiger partial charge < -0.3 is 11.1 Å². The van der Waals surface area contributed by atoms with Gasteiger partial charge in [-0.05, 0) is 54.7 Å². The molecule has 0 heterocycles. The maximum Gasteiger partial charge on any atom is 0.237 e. The average molecular weight is 288 g/mol. The highest BCUT2D eigenvalue weighted by atomic mass is 16.2. The zero-order valence-corrected chi connectivity index (χ0v) is 13.7. The first-order valence-electron chi connectivity index (χ1n) is 7.96. The van der Waals surface area contributed by atoms with Crippen molar-refractivity contribution in [1.82, 2.24) is 5.32 Å². The van der Waals surface area contributed by atoms with Crippen LogP contribution in [0.2, 0.25) is 0 Å². The largest absolute Gasteiger partial charge is 0.348 e. The molecule has 0 spiro atoms. The Morgan fingerprint density at radius 1 is 1.19 bits per heavy atom. The summed E-state index contributed by atoms with van der Waals surface area (Å²) in [7, 11) is 0. The lowest BCUT2D eigenvalue weighted by atomic mass is 9.86. The number of rotatable bonds is 3. The fraction of sp³-hybridized carbons (Fsp3) is 0.611. The molecule has 3 nitrogen and oxygen atoms in total. The molecule has 3 N–H and O–H groups in total. The monoisotopic (exact) mass is 288 g/mol. The Morgan fingerprint density at radius 2 is 1.81 bits per heavy atom. The molecular formula is C18H28N2O. The number of carbonyl (C=O) groups is 1. The Balaban J connectivity index is 2.07. The lowest BCUT2D eigenvalue weighted by Crippen LogP contribution is -2.49. The van der Waals surface area contributed by atoms with Gasteiger partial charge in [0.2, 0.25) is 5.91 Å². The summed E-state index contributed by atoms with van der Waals surface area (Å²) in [6, 6.07) is 6.12. The standard InChI is InChI=1S/C18H28N2O/c1-12(20-17(21)16(19)18(2,3)4)14-10-9-13-7-5-6-8-15(13)11-14/h9-12,16H,5-8,19H2,1-4H3,(H,20,21)/t12?,16-/m0/s1. The van der Waals surface area contributed by atoms with Gasteiger partial charge in [0.25, 0.3) is 0 Å². The normalized spacial score (nSPS) is 17.8. The van der Waals surface area contributed by atoms with Crippen molar-refractivity contribution in [3.05, 3.63) is 34.9 Å². The first-order chi connectivity index (χ1) is 9.79. The SMILES string of the molecule is CC(NC(=O)[C@H](N)C(C)(C)C)c1ccc2c(c1)CCCC2. The van der Waals surface area contributed by atoms with E-state index in [4.69, 9.17) is 5.73 Å². The summed E-state index contributed by atoms with van der Waals surface area (Å²) in [5.41, 5.74) is 9.88. The Kier molecular flexibility index (Phi) is 4.72. The highest BCUT2D eigenvalue weighted by Gasteiger charge is 2.28. The van der Waals surface area contributed by atoms with Gasteiger partial charge >= 0.3 is 0 Å². The lowest BCUT2D eigenvalue weighted by molar-refractivity contribution is -0.125. The van der Waals surface area contributed by atoms with E-state index >= 15 is 0 Å². The summed E-state index contributed by atoms with van der Waals surface area (Å²) in [6.45, 7) is 7.99. The van der Waals surface area contributed by atoms with E-state index in [9.17, 15) is 4.79 Å². The summed E-state index contributed by atoms with van der Waals surface area (Å²) in [5, 5.41) is 3.05. The van der Waals surface area contributed by atoms with Gasteiger partial charge in [-0.3, -0.25) is 4.79 Å². The summed E-state index contributed by atoms with van der Waals surface area (Å²) in [4.78, 5) is 12.2. The van der Waals surface area contributed by atoms with Crippen LogP contribution in [-0.2, 0) is 17.6 Å². The van der Waals surface area contributed by atoms with Crippen molar-refractivity contribution in [3.8, 4) is 0 Å². The van der Waals surface area contributed by atoms with Gasteiger partial charge in [-0.25, -0.2) is 0 Å². The second kappa shape index (κ2) is 6.18. The fourth-order valence-electron chi connectivity index (χ4n) is 2.80. The average Bonchev–Trinajstić information content (AvgIpc) is 2.44. The van der Waals surface area contributed by atoms with Gasteiger partial charge in [0.1, 0.15) is 0 Å². The fourth-order valence-corrected chi connectivity index (χ4v) is 2.80. The number of nitrogens with two attached hydrogens (primary N) is 1. The smallest absolute Gasteiger partial charge is 0.237 e. The maximum absolute atomic E-state index is 12.2. The van der Waals surface area contributed by atoms with Crippen LogP contribution < -0.4 is 11.1 Å². The lowest BCUT2D eigenvalue weighted by Gasteiger charge is -2.28. The van der Waals surface area contributed by atoms with Crippen molar-refractivity contribution in [2.75, 3.05) is 0 Å². The summed E-state index contributed by atoms with van der Waals surface area (Å²) in [6.07, 6.45) is 4.90. The summed E-state index contributed by atoms with van der Waals surface area (Å²) >= 11 is 0. The van der Waals surface area contributed by atoms with Gasteiger partial charge in [0, 0.05) is 0 Å². The van der Waals surface area contributed by atoms with Gasteiger partial charge in [-0.2, -0.15) is 0 Å². The Morgan fingerprint density at radius 3 is 2.43 bits per heavy atom. The number of hydrogen-bond donors (Lipinski definition) is 2. The molecule has 0 saturated carbocycles. The van der Waals surface area contributed by atoms with E-state index in [1.807, 2.05) is 27.7 Å². The number of benzene rings is 1. The first-order valence-corrected chi connectivity index (χ1v) is 7.96. The van der Waals surface area contributed by atoms with Crippen LogP contribution in [0, 0.1) is 5.41 Å². The molecule has 0 bridgehead atoms. The van der Waals surface area contributed by atoms with E-state index in [2.05, 4.69) is 23.5 Å². The molecule has 1 aromatic rings. The molecule has 0 aromatic heterocycles. The van der Waals surface area contributed by atoms with E-state index in [0.717, 1.165) is 6.42 Å². The van der Waals surface area contributed by atoms with E-state index < -0.39 is 6.04 Å². The van der Waals surface area contributed by atoms with Crippen LogP contribution in [0.1, 0.15) is 63.3 Å². The highest BCUT2D eigenvalue weighted by Crippen LogP contribution is 2.25. The number of carbonyl (C=O) groups excluding carboxylic acids is 1. The Labute approximate surface area is 128 Å². The predicted molar refractivity (Wildman–Crippen MR) is 87.1 cm³/mol. The van der Waals surface area contributed by atoms with Crippen LogP contribution in [0.15, 0.2) is 18.2 Å². The van der Waals surface area contributed by atoms with Crippen LogP contribution in [0.4, 0.5) is 0 Å². The molecule has 1 amide bonds. The molecule has 2 rings (SSSR count). The molecule has 2 atom stereocenters. The van der Waals surface area contributed by atoms with Crippen molar-refractivity contribution >= 4 is 5.91 Å². The molecule has 0 saturated heterocycles. The molecule has 1 aromatic carbocycles. The molecule has 21 heavy (non-hydrogen) atoms. The van der Waals surface area contributed by atoms with Gasteiger partial charge in [-0.1, -0.05) is 39.0 Å². The van der Waals surface area contributed by atoms with Crippen LogP contribution >= 0.6 is 0 Å². The summed E-state index contributed by atoms with van der Waals surface area (Å²) in [5.74, 6) is -0.0762. The van der Waals surface area contributed by atoms with Crippen LogP contribution in [0.3, 0.4) is 0 Å². The van der Waals surface area contributed by atoms with Crippen molar-refractivity contribution in [2.24, 2.45) is 11.1 Å². The topological polar surface area (TPSA) is 55.1 Å². The molecule has 0 aliphatic heterocycles. The minimum Gasteiger partial charge on any atom is -0.348 e. The third kappa shape index (κ3) is 3.85. The third-order valence-corrected chi connectivity index (χ3v) is 4.45. The van der Waals surface area contributed by atoms with Crippen molar-refractivity contribution in [1.29, 1.82) is 0 Å². The molecule has 1 aliphatic carbocycles. The third-order valence-electron chi connectivity index (χ3n) is 4.45. The Bertz CT molecular complexity index is 516. The Hall–Kier alpha value is -1.35. The zero-order chi connectivity index (χ0) is 15.6. The van der Waals surface area contributed by atoms with Crippen molar-refractivity contribution in [3.63, 3.8) is 0 Å². The van der Waals surface area contributed by atoms with Crippen LogP contribution in [0.25, 0.3) is 0 Å². The maximum atomic E-state index is 12.2. The van der Waals surface area contributed by atoms with E-state index in [-0.39, 0.29) is 17.4 Å².